The maximum absolute atomic E-state index is 5.63. The van der Waals surface area contributed by atoms with Crippen molar-refractivity contribution >= 4 is 0 Å². The predicted molar refractivity (Wildman–Crippen MR) is 72.5 cm³/mol. The Hall–Kier alpha value is -1.68. The number of nitrogens with zero attached hydrogens (tertiary/aromatic N) is 3. The zero-order valence-corrected chi connectivity index (χ0v) is 11.3. The summed E-state index contributed by atoms with van der Waals surface area (Å²) in [5, 5.41) is 4.59. The molecule has 0 saturated carbocycles. The van der Waals surface area contributed by atoms with Crippen molar-refractivity contribution in [2.45, 2.75) is 33.7 Å². The molecule has 2 aromatic heterocycles. The summed E-state index contributed by atoms with van der Waals surface area (Å²) in [5.74, 6) is 0. The largest absolute Gasteiger partial charge is 0.330 e. The third-order valence-electron chi connectivity index (χ3n) is 3.34. The Morgan fingerprint density at radius 3 is 2.72 bits per heavy atom. The van der Waals surface area contributed by atoms with Crippen LogP contribution in [0.15, 0.2) is 18.3 Å². The van der Waals surface area contributed by atoms with E-state index in [9.17, 15) is 0 Å². The van der Waals surface area contributed by atoms with Crippen LogP contribution >= 0.6 is 0 Å². The van der Waals surface area contributed by atoms with Gasteiger partial charge in [-0.3, -0.25) is 9.67 Å². The molecule has 96 valence electrons. The highest BCUT2D eigenvalue weighted by Crippen LogP contribution is 2.15. The molecule has 0 spiro atoms. The molecule has 2 heterocycles. The summed E-state index contributed by atoms with van der Waals surface area (Å²) in [6.45, 7) is 7.61. The summed E-state index contributed by atoms with van der Waals surface area (Å²) in [4.78, 5) is 4.41. The normalized spacial score (nSPS) is 10.9. The van der Waals surface area contributed by atoms with Gasteiger partial charge >= 0.3 is 0 Å². The average molecular weight is 244 g/mol. The summed E-state index contributed by atoms with van der Waals surface area (Å²) >= 11 is 0. The van der Waals surface area contributed by atoms with Crippen molar-refractivity contribution in [1.82, 2.24) is 14.8 Å². The van der Waals surface area contributed by atoms with Crippen LogP contribution in [0.4, 0.5) is 0 Å². The van der Waals surface area contributed by atoms with E-state index in [1.807, 2.05) is 23.9 Å². The van der Waals surface area contributed by atoms with Gasteiger partial charge in [0.25, 0.3) is 0 Å². The van der Waals surface area contributed by atoms with Gasteiger partial charge in [-0.15, -0.1) is 0 Å². The first-order chi connectivity index (χ1) is 8.63. The van der Waals surface area contributed by atoms with Crippen molar-refractivity contribution < 1.29 is 0 Å². The molecule has 18 heavy (non-hydrogen) atoms. The van der Waals surface area contributed by atoms with Crippen LogP contribution in [0, 0.1) is 20.8 Å². The lowest BCUT2D eigenvalue weighted by Crippen LogP contribution is -2.08. The van der Waals surface area contributed by atoms with E-state index in [4.69, 9.17) is 5.73 Å². The van der Waals surface area contributed by atoms with Gasteiger partial charge in [0, 0.05) is 11.9 Å². The fraction of sp³-hybridized carbons (Fsp3) is 0.429. The first-order valence-corrected chi connectivity index (χ1v) is 6.27. The van der Waals surface area contributed by atoms with Gasteiger partial charge in [0.2, 0.25) is 0 Å². The molecule has 4 nitrogen and oxygen atoms in total. The van der Waals surface area contributed by atoms with E-state index in [0.29, 0.717) is 6.54 Å². The van der Waals surface area contributed by atoms with Crippen molar-refractivity contribution in [3.05, 3.63) is 46.5 Å². The van der Waals surface area contributed by atoms with Crippen molar-refractivity contribution in [2.24, 2.45) is 5.73 Å². The van der Waals surface area contributed by atoms with Gasteiger partial charge < -0.3 is 5.73 Å². The highest BCUT2D eigenvalue weighted by atomic mass is 15.3. The molecule has 4 heteroatoms. The molecular weight excluding hydrogens is 224 g/mol. The van der Waals surface area contributed by atoms with Crippen LogP contribution in [0.3, 0.4) is 0 Å². The summed E-state index contributed by atoms with van der Waals surface area (Å²) < 4.78 is 2.02. The first-order valence-electron chi connectivity index (χ1n) is 6.27. The molecule has 0 aromatic carbocycles. The topological polar surface area (TPSA) is 56.7 Å². The van der Waals surface area contributed by atoms with Gasteiger partial charge in [0.15, 0.2) is 0 Å². The van der Waals surface area contributed by atoms with Gasteiger partial charge in [-0.05, 0) is 50.9 Å². The van der Waals surface area contributed by atoms with Crippen molar-refractivity contribution in [1.29, 1.82) is 0 Å². The number of aryl methyl sites for hydroxylation is 2. The van der Waals surface area contributed by atoms with Crippen LogP contribution in [-0.2, 0) is 13.0 Å². The molecule has 0 unspecified atom stereocenters. The zero-order valence-electron chi connectivity index (χ0n) is 11.3. The summed E-state index contributed by atoms with van der Waals surface area (Å²) in [7, 11) is 0. The van der Waals surface area contributed by atoms with E-state index < -0.39 is 0 Å². The minimum absolute atomic E-state index is 0.663. The molecule has 0 atom stereocenters. The fourth-order valence-corrected chi connectivity index (χ4v) is 2.22. The molecule has 0 aliphatic heterocycles. The Balaban J connectivity index is 2.30. The molecule has 0 amide bonds. The maximum atomic E-state index is 5.63. The minimum Gasteiger partial charge on any atom is -0.330 e. The van der Waals surface area contributed by atoms with Gasteiger partial charge in [0.05, 0.1) is 17.9 Å². The van der Waals surface area contributed by atoms with Gasteiger partial charge in [-0.25, -0.2) is 0 Å². The highest BCUT2D eigenvalue weighted by Gasteiger charge is 2.11. The standard InChI is InChI=1S/C14H20N4/c1-10-5-4-8-16-14(10)9-18-12(3)13(6-7-15)11(2)17-18/h4-5,8H,6-7,9,15H2,1-3H3. The van der Waals surface area contributed by atoms with E-state index in [1.54, 1.807) is 0 Å². The lowest BCUT2D eigenvalue weighted by Gasteiger charge is -2.07. The smallest absolute Gasteiger partial charge is 0.0837 e. The van der Waals surface area contributed by atoms with Crippen LogP contribution in [0.2, 0.25) is 0 Å². The Morgan fingerprint density at radius 1 is 1.28 bits per heavy atom. The van der Waals surface area contributed by atoms with Crippen LogP contribution in [0.25, 0.3) is 0 Å². The second-order valence-corrected chi connectivity index (χ2v) is 4.61. The second kappa shape index (κ2) is 5.31. The lowest BCUT2D eigenvalue weighted by atomic mass is 10.1. The molecular formula is C14H20N4. The Labute approximate surface area is 108 Å². The van der Waals surface area contributed by atoms with E-state index >= 15 is 0 Å². The third-order valence-corrected chi connectivity index (χ3v) is 3.34. The van der Waals surface area contributed by atoms with Gasteiger partial charge in [-0.1, -0.05) is 6.07 Å². The number of hydrogen-bond donors (Lipinski definition) is 1. The monoisotopic (exact) mass is 244 g/mol. The molecule has 0 aliphatic rings. The van der Waals surface area contributed by atoms with Crippen molar-refractivity contribution in [2.75, 3.05) is 6.54 Å². The molecule has 0 saturated heterocycles. The predicted octanol–water partition coefficient (Wildman–Crippen LogP) is 1.75. The Kier molecular flexibility index (Phi) is 3.77. The fourth-order valence-electron chi connectivity index (χ4n) is 2.22. The number of pyridine rings is 1. The summed E-state index contributed by atoms with van der Waals surface area (Å²) in [5.41, 5.74) is 11.4. The van der Waals surface area contributed by atoms with Crippen molar-refractivity contribution in [3.8, 4) is 0 Å². The average Bonchev–Trinajstić information content (AvgIpc) is 2.60. The number of aromatic nitrogens is 3. The Morgan fingerprint density at radius 2 is 2.06 bits per heavy atom. The van der Waals surface area contributed by atoms with Crippen LogP contribution in [0.1, 0.15) is 28.2 Å². The third kappa shape index (κ3) is 2.43. The Bertz CT molecular complexity index is 543. The van der Waals surface area contributed by atoms with E-state index in [2.05, 4.69) is 30.0 Å². The summed E-state index contributed by atoms with van der Waals surface area (Å²) in [6.07, 6.45) is 2.72. The van der Waals surface area contributed by atoms with Gasteiger partial charge in [-0.2, -0.15) is 5.10 Å². The molecule has 0 radical (unpaired) electrons. The molecule has 2 rings (SSSR count). The van der Waals surface area contributed by atoms with E-state index in [0.717, 1.165) is 24.4 Å². The van der Waals surface area contributed by atoms with Crippen LogP contribution < -0.4 is 5.73 Å². The quantitative estimate of drug-likeness (QED) is 0.891. The zero-order chi connectivity index (χ0) is 13.1. The van der Waals surface area contributed by atoms with Gasteiger partial charge in [0.1, 0.15) is 0 Å². The van der Waals surface area contributed by atoms with Crippen molar-refractivity contribution in [3.63, 3.8) is 0 Å². The molecule has 2 N–H and O–H groups in total. The SMILES string of the molecule is Cc1cccnc1Cn1nc(C)c(CCN)c1C. The lowest BCUT2D eigenvalue weighted by molar-refractivity contribution is 0.643. The first kappa shape index (κ1) is 12.8. The molecule has 0 fully saturated rings. The molecule has 2 aromatic rings. The number of rotatable bonds is 4. The van der Waals surface area contributed by atoms with Crippen LogP contribution in [-0.4, -0.2) is 21.3 Å². The maximum Gasteiger partial charge on any atom is 0.0837 e. The minimum atomic E-state index is 0.663. The highest BCUT2D eigenvalue weighted by molar-refractivity contribution is 5.26. The van der Waals surface area contributed by atoms with E-state index in [1.165, 1.54) is 16.8 Å². The summed E-state index contributed by atoms with van der Waals surface area (Å²) in [6, 6.07) is 4.04. The van der Waals surface area contributed by atoms with E-state index in [-0.39, 0.29) is 0 Å². The van der Waals surface area contributed by atoms with Crippen LogP contribution in [0.5, 0.6) is 0 Å². The molecule has 0 bridgehead atoms. The molecule has 0 aliphatic carbocycles. The number of nitrogens with two attached hydrogens (primary N) is 1. The number of hydrogen-bond acceptors (Lipinski definition) is 3. The second-order valence-electron chi connectivity index (χ2n) is 4.61.